The molecule has 1 fully saturated rings. The van der Waals surface area contributed by atoms with Crippen molar-refractivity contribution in [3.63, 3.8) is 0 Å². The van der Waals surface area contributed by atoms with Gasteiger partial charge in [0.15, 0.2) is 0 Å². The highest BCUT2D eigenvalue weighted by molar-refractivity contribution is 8.01. The van der Waals surface area contributed by atoms with Crippen LogP contribution in [0.3, 0.4) is 0 Å². The number of carboxylic acids is 1. The van der Waals surface area contributed by atoms with Gasteiger partial charge in [-0.3, -0.25) is 19.3 Å². The van der Waals surface area contributed by atoms with E-state index in [2.05, 4.69) is 26.2 Å². The number of phenols is 1. The Morgan fingerprint density at radius 1 is 1.24 bits per heavy atom. The molecule has 0 aliphatic carbocycles. The normalized spacial score (nSPS) is 18.6. The van der Waals surface area contributed by atoms with Gasteiger partial charge in [0.25, 0.3) is 11.8 Å². The number of primary sulfonamides is 1. The topological polar surface area (TPSA) is 240 Å². The number of carboxylic acid groups (broad SMARTS) is 1. The van der Waals surface area contributed by atoms with Gasteiger partial charge in [0, 0.05) is 24.6 Å². The van der Waals surface area contributed by atoms with E-state index in [1.807, 2.05) is 0 Å². The lowest BCUT2D eigenvalue weighted by Gasteiger charge is -2.49. The number of hydrogen-bond acceptors (Lipinski definition) is 12. The monoisotopic (exact) mass is 694 g/mol. The predicted octanol–water partition coefficient (Wildman–Crippen LogP) is 0.219. The molecule has 0 saturated carbocycles. The van der Waals surface area contributed by atoms with Crippen LogP contribution in [0.25, 0.3) is 0 Å². The van der Waals surface area contributed by atoms with Gasteiger partial charge in [-0.1, -0.05) is 53.7 Å². The number of nitrogens with one attached hydrogen (secondary N) is 2. The highest BCUT2D eigenvalue weighted by Gasteiger charge is 2.54. The third-order valence-electron chi connectivity index (χ3n) is 6.78. The number of carbonyl (C=O) groups is 4. The van der Waals surface area contributed by atoms with Gasteiger partial charge in [-0.25, -0.2) is 23.0 Å². The van der Waals surface area contributed by atoms with E-state index in [1.54, 1.807) is 25.2 Å². The quantitative estimate of drug-likeness (QED) is 0.141. The summed E-state index contributed by atoms with van der Waals surface area (Å²) in [4.78, 5) is 52.8. The molecule has 0 radical (unpaired) electrons. The first-order valence-corrected chi connectivity index (χ1v) is 16.7. The van der Waals surface area contributed by atoms with E-state index in [4.69, 9.17) is 16.7 Å². The lowest BCUT2D eigenvalue weighted by atomic mass is 10.0. The zero-order valence-corrected chi connectivity index (χ0v) is 26.2. The number of fused-ring (bicyclic) bond motifs is 1. The molecule has 1 aromatic heterocycles. The summed E-state index contributed by atoms with van der Waals surface area (Å²) < 4.78 is 25.3. The minimum absolute atomic E-state index is 0.186. The lowest BCUT2D eigenvalue weighted by Crippen LogP contribution is -2.71. The number of rotatable bonds is 10. The molecule has 0 bridgehead atoms. The Hall–Kier alpha value is -4.17. The maximum atomic E-state index is 13.6. The number of halogens is 1. The fourth-order valence-electron chi connectivity index (χ4n) is 4.62. The van der Waals surface area contributed by atoms with Gasteiger partial charge in [0.05, 0.1) is 10.6 Å². The summed E-state index contributed by atoms with van der Waals surface area (Å²) in [5.41, 5.74) is 0.0660. The van der Waals surface area contributed by atoms with Crippen molar-refractivity contribution in [1.82, 2.24) is 35.7 Å². The summed E-state index contributed by atoms with van der Waals surface area (Å²) in [5, 5.41) is 41.0. The molecular formula is C25H23ClN8O8S3. The second-order valence-electron chi connectivity index (χ2n) is 9.69. The fraction of sp³-hybridized carbons (Fsp3) is 0.240. The Morgan fingerprint density at radius 3 is 2.58 bits per heavy atom. The van der Waals surface area contributed by atoms with Crippen molar-refractivity contribution < 1.29 is 37.8 Å². The number of hydrogen-bond donors (Lipinski definition) is 5. The number of thioether (sulfide) groups is 2. The maximum Gasteiger partial charge on any atom is 0.352 e. The van der Waals surface area contributed by atoms with Gasteiger partial charge in [-0.2, -0.15) is 0 Å². The van der Waals surface area contributed by atoms with Gasteiger partial charge >= 0.3 is 5.97 Å². The number of β-lactam (4-membered cyclic amide) rings is 1. The smallest absolute Gasteiger partial charge is 0.352 e. The third kappa shape index (κ3) is 6.47. The summed E-state index contributed by atoms with van der Waals surface area (Å²) in [6.45, 7) is 0. The molecule has 6 N–H and O–H groups in total. The van der Waals surface area contributed by atoms with Crippen molar-refractivity contribution in [1.29, 1.82) is 0 Å². The molecule has 0 spiro atoms. The predicted molar refractivity (Wildman–Crippen MR) is 160 cm³/mol. The van der Waals surface area contributed by atoms with Crippen molar-refractivity contribution in [2.75, 3.05) is 11.5 Å². The SMILES string of the molecule is Cn1nnnc1SCC1=C(C(=O)O)N2C(=O)C(NC(=O)[C@@H](NC(=O)c3cc(S(N)(=O)=O)c(Cl)cc3O)c3ccccc3)[C@@H]2SC1. The Balaban J connectivity index is 1.36. The van der Waals surface area contributed by atoms with Crippen LogP contribution in [0.1, 0.15) is 22.0 Å². The number of aromatic nitrogens is 4. The van der Waals surface area contributed by atoms with E-state index in [9.17, 15) is 37.8 Å². The molecule has 2 aliphatic rings. The Bertz CT molecular complexity index is 1850. The Morgan fingerprint density at radius 2 is 1.96 bits per heavy atom. The van der Waals surface area contributed by atoms with Crippen LogP contribution in [-0.2, 0) is 31.5 Å². The Labute approximate surface area is 268 Å². The molecule has 16 nitrogen and oxygen atoms in total. The number of nitrogens with zero attached hydrogens (tertiary/aromatic N) is 5. The lowest BCUT2D eigenvalue weighted by molar-refractivity contribution is -0.151. The molecule has 3 heterocycles. The molecule has 2 aromatic carbocycles. The van der Waals surface area contributed by atoms with Crippen LogP contribution < -0.4 is 15.8 Å². The number of tetrazole rings is 1. The van der Waals surface area contributed by atoms with Crippen molar-refractivity contribution in [2.45, 2.75) is 27.5 Å². The van der Waals surface area contributed by atoms with Crippen LogP contribution >= 0.6 is 35.1 Å². The number of aliphatic carboxylic acids is 1. The molecule has 45 heavy (non-hydrogen) atoms. The minimum atomic E-state index is -4.37. The first-order chi connectivity index (χ1) is 21.3. The van der Waals surface area contributed by atoms with Crippen LogP contribution in [0.5, 0.6) is 5.75 Å². The van der Waals surface area contributed by atoms with Crippen molar-refractivity contribution in [3.05, 3.63) is 69.9 Å². The van der Waals surface area contributed by atoms with Gasteiger partial charge in [0.2, 0.25) is 21.1 Å². The van der Waals surface area contributed by atoms with Crippen molar-refractivity contribution in [2.24, 2.45) is 12.2 Å². The number of benzene rings is 2. The number of nitrogens with two attached hydrogens (primary N) is 1. The second-order valence-corrected chi connectivity index (χ2v) is 13.7. The van der Waals surface area contributed by atoms with Crippen LogP contribution in [0.4, 0.5) is 0 Å². The van der Waals surface area contributed by atoms with E-state index in [0.717, 1.165) is 17.0 Å². The second kappa shape index (κ2) is 12.7. The van der Waals surface area contributed by atoms with E-state index in [-0.39, 0.29) is 17.2 Å². The number of aromatic hydroxyl groups is 1. The average molecular weight is 695 g/mol. The standard InChI is InChI=1S/C25H23ClN8O8S3/c1-33-25(30-31-32-33)44-10-12-9-43-23-18(22(38)34(23)19(12)24(39)40)29-21(37)17(11-5-3-2-4-6-11)28-20(36)13-7-16(45(27,41)42)14(26)8-15(13)35/h2-8,17-18,23,35H,9-10H2,1H3,(H,28,36)(H,29,37)(H,39,40)(H2,27,41,42)/t17-,18?,23-/m0/s1. The fourth-order valence-corrected chi connectivity index (χ4v) is 8.05. The van der Waals surface area contributed by atoms with E-state index in [0.29, 0.717) is 16.3 Å². The summed E-state index contributed by atoms with van der Waals surface area (Å²) in [6.07, 6.45) is 0. The van der Waals surface area contributed by atoms with Crippen LogP contribution in [0.15, 0.2) is 63.8 Å². The number of amides is 3. The molecule has 1 unspecified atom stereocenters. The highest BCUT2D eigenvalue weighted by atomic mass is 35.5. The summed E-state index contributed by atoms with van der Waals surface area (Å²) in [6, 6.07) is 7.04. The molecular weight excluding hydrogens is 672 g/mol. The number of carbonyl (C=O) groups excluding carboxylic acids is 3. The molecule has 3 aromatic rings. The summed E-state index contributed by atoms with van der Waals surface area (Å²) >= 11 is 8.34. The first kappa shape index (κ1) is 32.2. The number of sulfonamides is 1. The molecule has 2 aliphatic heterocycles. The van der Waals surface area contributed by atoms with E-state index >= 15 is 0 Å². The maximum absolute atomic E-state index is 13.6. The molecule has 3 atom stereocenters. The summed E-state index contributed by atoms with van der Waals surface area (Å²) in [5.74, 6) is -4.02. The summed E-state index contributed by atoms with van der Waals surface area (Å²) in [7, 11) is -2.73. The van der Waals surface area contributed by atoms with Gasteiger partial charge < -0.3 is 20.8 Å². The average Bonchev–Trinajstić information content (AvgIpc) is 3.40. The van der Waals surface area contributed by atoms with Gasteiger partial charge in [0.1, 0.15) is 33.8 Å². The van der Waals surface area contributed by atoms with Crippen molar-refractivity contribution in [3.8, 4) is 5.75 Å². The van der Waals surface area contributed by atoms with Crippen LogP contribution in [0, 0.1) is 0 Å². The highest BCUT2D eigenvalue weighted by Crippen LogP contribution is 2.41. The third-order valence-corrected chi connectivity index (χ3v) is 10.6. The minimum Gasteiger partial charge on any atom is -0.507 e. The number of aryl methyl sites for hydroxylation is 1. The van der Waals surface area contributed by atoms with Crippen LogP contribution in [0.2, 0.25) is 5.02 Å². The van der Waals surface area contributed by atoms with Crippen LogP contribution in [-0.4, -0.2) is 90.4 Å². The molecule has 1 saturated heterocycles. The molecule has 20 heteroatoms. The molecule has 236 valence electrons. The van der Waals surface area contributed by atoms with Gasteiger partial charge in [-0.15, -0.1) is 16.9 Å². The largest absolute Gasteiger partial charge is 0.507 e. The molecule has 5 rings (SSSR count). The van der Waals surface area contributed by atoms with Gasteiger partial charge in [-0.05, 0) is 27.6 Å². The van der Waals surface area contributed by atoms with Crippen molar-refractivity contribution >= 4 is 68.8 Å². The van der Waals surface area contributed by atoms with E-state index < -0.39 is 72.4 Å². The zero-order chi connectivity index (χ0) is 32.6. The molecule has 3 amide bonds. The number of phenolic OH excluding ortho intramolecular Hbond substituents is 1. The van der Waals surface area contributed by atoms with E-state index in [1.165, 1.54) is 40.3 Å². The first-order valence-electron chi connectivity index (χ1n) is 12.7. The zero-order valence-electron chi connectivity index (χ0n) is 22.9. The Kier molecular flexibility index (Phi) is 9.08.